The number of aromatic nitrogens is 3. The lowest BCUT2D eigenvalue weighted by Gasteiger charge is -2.24. The first-order valence-corrected chi connectivity index (χ1v) is 8.81. The van der Waals surface area contributed by atoms with Crippen molar-refractivity contribution >= 4 is 11.8 Å². The van der Waals surface area contributed by atoms with Gasteiger partial charge in [-0.15, -0.1) is 0 Å². The van der Waals surface area contributed by atoms with E-state index in [1.54, 1.807) is 22.8 Å². The van der Waals surface area contributed by atoms with Gasteiger partial charge >= 0.3 is 0 Å². The number of nitrogens with one attached hydrogen (secondary N) is 1. The highest BCUT2D eigenvalue weighted by Crippen LogP contribution is 2.13. The van der Waals surface area contributed by atoms with Gasteiger partial charge in [-0.25, -0.2) is 0 Å². The van der Waals surface area contributed by atoms with Gasteiger partial charge in [0, 0.05) is 51.9 Å². The second-order valence-corrected chi connectivity index (χ2v) is 6.56. The van der Waals surface area contributed by atoms with E-state index < -0.39 is 0 Å². The zero-order valence-corrected chi connectivity index (χ0v) is 15.2. The minimum Gasteiger partial charge on any atom is -0.374 e. The standard InChI is InChI=1S/C18H25N5O3/c1-14-16(12-21(2)20-14)18(25)23-8-5-9-26-15(11-23)10-19-17(24)13-22-6-3-4-7-22/h3-4,6-7,12,15H,5,8-11,13H2,1-2H3,(H,19,24). The van der Waals surface area contributed by atoms with Gasteiger partial charge in [-0.1, -0.05) is 0 Å². The van der Waals surface area contributed by atoms with Crippen molar-refractivity contribution < 1.29 is 14.3 Å². The number of hydrogen-bond acceptors (Lipinski definition) is 4. The van der Waals surface area contributed by atoms with Crippen LogP contribution in [0.25, 0.3) is 0 Å². The Morgan fingerprint density at radius 3 is 2.81 bits per heavy atom. The molecule has 0 radical (unpaired) electrons. The van der Waals surface area contributed by atoms with Crippen molar-refractivity contribution in [1.82, 2.24) is 24.6 Å². The van der Waals surface area contributed by atoms with Crippen LogP contribution in [0.2, 0.25) is 0 Å². The molecule has 3 heterocycles. The second kappa shape index (κ2) is 8.18. The Balaban J connectivity index is 1.56. The van der Waals surface area contributed by atoms with Crippen LogP contribution in [0.4, 0.5) is 0 Å². The minimum atomic E-state index is -0.216. The summed E-state index contributed by atoms with van der Waals surface area (Å²) in [5.41, 5.74) is 1.34. The van der Waals surface area contributed by atoms with Gasteiger partial charge in [-0.05, 0) is 25.5 Å². The maximum Gasteiger partial charge on any atom is 0.257 e. The van der Waals surface area contributed by atoms with Crippen LogP contribution in [0.15, 0.2) is 30.7 Å². The van der Waals surface area contributed by atoms with Crippen molar-refractivity contribution in [2.75, 3.05) is 26.2 Å². The smallest absolute Gasteiger partial charge is 0.257 e. The van der Waals surface area contributed by atoms with Gasteiger partial charge in [0.25, 0.3) is 5.91 Å². The molecule has 1 aliphatic heterocycles. The monoisotopic (exact) mass is 359 g/mol. The van der Waals surface area contributed by atoms with Crippen LogP contribution < -0.4 is 5.32 Å². The number of rotatable bonds is 5. The Kier molecular flexibility index (Phi) is 5.72. The van der Waals surface area contributed by atoms with Crippen molar-refractivity contribution in [2.45, 2.75) is 26.0 Å². The molecule has 2 aromatic rings. The summed E-state index contributed by atoms with van der Waals surface area (Å²) in [6.07, 6.45) is 6.00. The van der Waals surface area contributed by atoms with Gasteiger partial charge in [0.2, 0.25) is 5.91 Å². The molecule has 2 aromatic heterocycles. The number of carbonyl (C=O) groups excluding carboxylic acids is 2. The summed E-state index contributed by atoms with van der Waals surface area (Å²) < 4.78 is 9.26. The highest BCUT2D eigenvalue weighted by Gasteiger charge is 2.25. The molecule has 1 fully saturated rings. The van der Waals surface area contributed by atoms with Crippen molar-refractivity contribution in [2.24, 2.45) is 7.05 Å². The van der Waals surface area contributed by atoms with Gasteiger partial charge in [-0.3, -0.25) is 14.3 Å². The summed E-state index contributed by atoms with van der Waals surface area (Å²) >= 11 is 0. The Morgan fingerprint density at radius 1 is 1.35 bits per heavy atom. The predicted molar refractivity (Wildman–Crippen MR) is 95.6 cm³/mol. The van der Waals surface area contributed by atoms with E-state index in [1.165, 1.54) is 0 Å². The summed E-state index contributed by atoms with van der Waals surface area (Å²) in [6, 6.07) is 3.76. The highest BCUT2D eigenvalue weighted by atomic mass is 16.5. The highest BCUT2D eigenvalue weighted by molar-refractivity contribution is 5.95. The fourth-order valence-electron chi connectivity index (χ4n) is 3.11. The number of ether oxygens (including phenoxy) is 1. The number of carbonyl (C=O) groups is 2. The molecule has 2 amide bonds. The summed E-state index contributed by atoms with van der Waals surface area (Å²) in [6.45, 7) is 4.17. The normalized spacial score (nSPS) is 17.8. The molecule has 26 heavy (non-hydrogen) atoms. The van der Waals surface area contributed by atoms with Gasteiger partial charge in [-0.2, -0.15) is 5.10 Å². The van der Waals surface area contributed by atoms with E-state index in [2.05, 4.69) is 10.4 Å². The van der Waals surface area contributed by atoms with Crippen LogP contribution in [0.3, 0.4) is 0 Å². The third kappa shape index (κ3) is 4.51. The van der Waals surface area contributed by atoms with Crippen LogP contribution >= 0.6 is 0 Å². The fourth-order valence-corrected chi connectivity index (χ4v) is 3.11. The van der Waals surface area contributed by atoms with Crippen LogP contribution in [0.5, 0.6) is 0 Å². The van der Waals surface area contributed by atoms with Crippen LogP contribution in [-0.4, -0.2) is 63.4 Å². The van der Waals surface area contributed by atoms with Gasteiger partial charge in [0.15, 0.2) is 0 Å². The SMILES string of the molecule is Cc1nn(C)cc1C(=O)N1CCCOC(CNC(=O)Cn2cccc2)C1. The molecule has 1 saturated heterocycles. The quantitative estimate of drug-likeness (QED) is 0.847. The van der Waals surface area contributed by atoms with Crippen LogP contribution in [-0.2, 0) is 23.1 Å². The molecule has 0 spiro atoms. The number of nitrogens with zero attached hydrogens (tertiary/aromatic N) is 4. The van der Waals surface area contributed by atoms with E-state index in [9.17, 15) is 9.59 Å². The molecule has 0 saturated carbocycles. The summed E-state index contributed by atoms with van der Waals surface area (Å²) in [4.78, 5) is 26.6. The molecule has 1 atom stereocenters. The van der Waals surface area contributed by atoms with Crippen LogP contribution in [0.1, 0.15) is 22.5 Å². The molecular formula is C18H25N5O3. The zero-order chi connectivity index (χ0) is 18.5. The molecule has 0 bridgehead atoms. The van der Waals surface area contributed by atoms with Crippen LogP contribution in [0, 0.1) is 6.92 Å². The zero-order valence-electron chi connectivity index (χ0n) is 15.2. The Morgan fingerprint density at radius 2 is 2.12 bits per heavy atom. The van der Waals surface area contributed by atoms with Crippen molar-refractivity contribution in [3.8, 4) is 0 Å². The summed E-state index contributed by atoms with van der Waals surface area (Å²) in [7, 11) is 1.80. The molecular weight excluding hydrogens is 334 g/mol. The van der Waals surface area contributed by atoms with Gasteiger partial charge in [0.05, 0.1) is 17.4 Å². The average molecular weight is 359 g/mol. The first-order valence-electron chi connectivity index (χ1n) is 8.81. The van der Waals surface area contributed by atoms with E-state index >= 15 is 0 Å². The fraction of sp³-hybridized carbons (Fsp3) is 0.500. The van der Waals surface area contributed by atoms with E-state index in [0.29, 0.717) is 31.8 Å². The second-order valence-electron chi connectivity index (χ2n) is 6.56. The van der Waals surface area contributed by atoms with Gasteiger partial charge < -0.3 is 19.5 Å². The van der Waals surface area contributed by atoms with Crippen molar-refractivity contribution in [3.63, 3.8) is 0 Å². The number of aryl methyl sites for hydroxylation is 2. The Hall–Kier alpha value is -2.61. The first kappa shape index (κ1) is 18.2. The predicted octanol–water partition coefficient (Wildman–Crippen LogP) is 0.578. The largest absolute Gasteiger partial charge is 0.374 e. The van der Waals surface area contributed by atoms with E-state index in [1.807, 2.05) is 36.0 Å². The molecule has 140 valence electrons. The van der Waals surface area contributed by atoms with Crippen molar-refractivity contribution in [3.05, 3.63) is 42.0 Å². The van der Waals surface area contributed by atoms with E-state index in [4.69, 9.17) is 4.74 Å². The molecule has 0 aliphatic carbocycles. The molecule has 3 rings (SSSR count). The van der Waals surface area contributed by atoms with E-state index in [-0.39, 0.29) is 24.5 Å². The molecule has 1 aliphatic rings. The Labute approximate surface area is 152 Å². The maximum absolute atomic E-state index is 12.8. The number of amides is 2. The lowest BCUT2D eigenvalue weighted by atomic mass is 10.2. The molecule has 1 unspecified atom stereocenters. The lowest BCUT2D eigenvalue weighted by molar-refractivity contribution is -0.122. The molecule has 8 nitrogen and oxygen atoms in total. The molecule has 8 heteroatoms. The van der Waals surface area contributed by atoms with Crippen molar-refractivity contribution in [1.29, 1.82) is 0 Å². The maximum atomic E-state index is 12.8. The Bertz CT molecular complexity index is 753. The first-order chi connectivity index (χ1) is 12.5. The van der Waals surface area contributed by atoms with E-state index in [0.717, 1.165) is 12.1 Å². The minimum absolute atomic E-state index is 0.0373. The third-order valence-electron chi connectivity index (χ3n) is 4.40. The molecule has 0 aromatic carbocycles. The average Bonchev–Trinajstić information content (AvgIpc) is 3.15. The summed E-state index contributed by atoms with van der Waals surface area (Å²) in [5, 5.41) is 7.14. The number of hydrogen-bond donors (Lipinski definition) is 1. The topological polar surface area (TPSA) is 81.4 Å². The third-order valence-corrected chi connectivity index (χ3v) is 4.40. The molecule has 1 N–H and O–H groups in total. The van der Waals surface area contributed by atoms with Gasteiger partial charge in [0.1, 0.15) is 6.54 Å². The summed E-state index contributed by atoms with van der Waals surface area (Å²) in [5.74, 6) is -0.111. The lowest BCUT2D eigenvalue weighted by Crippen LogP contribution is -2.43.